The van der Waals surface area contributed by atoms with Crippen LogP contribution in [0.15, 0.2) is 28.7 Å². The molecule has 0 bridgehead atoms. The molecule has 1 aromatic carbocycles. The van der Waals surface area contributed by atoms with Gasteiger partial charge in [-0.2, -0.15) is 0 Å². The molecule has 1 unspecified atom stereocenters. The number of hydrogen-bond donors (Lipinski definition) is 0. The first kappa shape index (κ1) is 9.79. The van der Waals surface area contributed by atoms with Crippen molar-refractivity contribution in [2.45, 2.75) is 25.7 Å². The van der Waals surface area contributed by atoms with Gasteiger partial charge >= 0.3 is 0 Å². The zero-order valence-corrected chi connectivity index (χ0v) is 8.97. The SMILES string of the molecule is [CH2]CCC(C)c1ccc(Br)cc1. The van der Waals surface area contributed by atoms with Gasteiger partial charge in [-0.25, -0.2) is 0 Å². The topological polar surface area (TPSA) is 0 Å². The Balaban J connectivity index is 2.68. The van der Waals surface area contributed by atoms with Gasteiger partial charge < -0.3 is 0 Å². The quantitative estimate of drug-likeness (QED) is 0.725. The molecule has 0 aliphatic rings. The molecule has 1 aromatic rings. The molecule has 0 fully saturated rings. The number of benzene rings is 1. The van der Waals surface area contributed by atoms with E-state index in [1.807, 2.05) is 0 Å². The summed E-state index contributed by atoms with van der Waals surface area (Å²) >= 11 is 3.42. The first-order valence-corrected chi connectivity index (χ1v) is 5.08. The normalized spacial score (nSPS) is 12.9. The summed E-state index contributed by atoms with van der Waals surface area (Å²) in [6.45, 7) is 6.10. The van der Waals surface area contributed by atoms with Gasteiger partial charge in [-0.05, 0) is 30.0 Å². The van der Waals surface area contributed by atoms with Gasteiger partial charge in [-0.15, -0.1) is 0 Å². The van der Waals surface area contributed by atoms with Crippen molar-refractivity contribution in [3.05, 3.63) is 41.2 Å². The van der Waals surface area contributed by atoms with Crippen LogP contribution >= 0.6 is 15.9 Å². The lowest BCUT2D eigenvalue weighted by molar-refractivity contribution is 0.689. The van der Waals surface area contributed by atoms with Gasteiger partial charge in [0.05, 0.1) is 0 Å². The van der Waals surface area contributed by atoms with E-state index < -0.39 is 0 Å². The van der Waals surface area contributed by atoms with Crippen LogP contribution in [0.1, 0.15) is 31.2 Å². The largest absolute Gasteiger partial charge is 0.0584 e. The molecule has 1 radical (unpaired) electrons. The van der Waals surface area contributed by atoms with Crippen LogP contribution in [0.3, 0.4) is 0 Å². The van der Waals surface area contributed by atoms with Crippen molar-refractivity contribution >= 4 is 15.9 Å². The van der Waals surface area contributed by atoms with E-state index in [1.165, 1.54) is 12.0 Å². The first-order chi connectivity index (χ1) is 5.74. The second-order valence-electron chi connectivity index (χ2n) is 3.09. The van der Waals surface area contributed by atoms with E-state index in [-0.39, 0.29) is 0 Å². The summed E-state index contributed by atoms with van der Waals surface area (Å²) in [7, 11) is 0. The van der Waals surface area contributed by atoms with Crippen molar-refractivity contribution in [3.63, 3.8) is 0 Å². The van der Waals surface area contributed by atoms with Crippen molar-refractivity contribution in [3.8, 4) is 0 Å². The third-order valence-electron chi connectivity index (χ3n) is 2.08. The summed E-state index contributed by atoms with van der Waals surface area (Å²) in [4.78, 5) is 0. The predicted octanol–water partition coefficient (Wildman–Crippen LogP) is 4.17. The summed E-state index contributed by atoms with van der Waals surface area (Å²) in [5.74, 6) is 0.635. The van der Waals surface area contributed by atoms with E-state index in [9.17, 15) is 0 Å². The summed E-state index contributed by atoms with van der Waals surface area (Å²) < 4.78 is 1.15. The molecular formula is C11H14Br. The highest BCUT2D eigenvalue weighted by molar-refractivity contribution is 9.10. The zero-order valence-electron chi connectivity index (χ0n) is 7.39. The van der Waals surface area contributed by atoms with Crippen molar-refractivity contribution in [1.82, 2.24) is 0 Å². The maximum absolute atomic E-state index is 3.86. The Labute approximate surface area is 83.1 Å². The van der Waals surface area contributed by atoms with E-state index in [0.29, 0.717) is 5.92 Å². The number of halogens is 1. The molecule has 1 heteroatoms. The maximum atomic E-state index is 3.86. The second kappa shape index (κ2) is 4.66. The molecule has 1 atom stereocenters. The van der Waals surface area contributed by atoms with Crippen LogP contribution in [0.2, 0.25) is 0 Å². The molecule has 65 valence electrons. The Bertz CT molecular complexity index is 225. The molecule has 0 amide bonds. The fourth-order valence-corrected chi connectivity index (χ4v) is 1.53. The average molecular weight is 226 g/mol. The lowest BCUT2D eigenvalue weighted by Crippen LogP contribution is -1.91. The number of rotatable bonds is 3. The molecule has 0 N–H and O–H groups in total. The fraction of sp³-hybridized carbons (Fsp3) is 0.364. The Morgan fingerprint density at radius 3 is 2.42 bits per heavy atom. The number of hydrogen-bond acceptors (Lipinski definition) is 0. The second-order valence-corrected chi connectivity index (χ2v) is 4.01. The molecule has 1 rings (SSSR count). The minimum Gasteiger partial charge on any atom is -0.0584 e. The minimum atomic E-state index is 0.635. The summed E-state index contributed by atoms with van der Waals surface area (Å²) in [6, 6.07) is 8.53. The van der Waals surface area contributed by atoms with Crippen molar-refractivity contribution < 1.29 is 0 Å². The van der Waals surface area contributed by atoms with Crippen LogP contribution in [0.4, 0.5) is 0 Å². The monoisotopic (exact) mass is 225 g/mol. The van der Waals surface area contributed by atoms with Crippen molar-refractivity contribution in [2.24, 2.45) is 0 Å². The lowest BCUT2D eigenvalue weighted by Gasteiger charge is -2.09. The summed E-state index contributed by atoms with van der Waals surface area (Å²) in [5, 5.41) is 0. The Morgan fingerprint density at radius 2 is 1.92 bits per heavy atom. The highest BCUT2D eigenvalue weighted by Crippen LogP contribution is 2.21. The van der Waals surface area contributed by atoms with Gasteiger partial charge in [-0.3, -0.25) is 0 Å². The van der Waals surface area contributed by atoms with Gasteiger partial charge in [0.2, 0.25) is 0 Å². The van der Waals surface area contributed by atoms with E-state index in [1.54, 1.807) is 0 Å². The highest BCUT2D eigenvalue weighted by Gasteiger charge is 2.02. The molecule has 0 saturated heterocycles. The minimum absolute atomic E-state index is 0.635. The van der Waals surface area contributed by atoms with E-state index in [0.717, 1.165) is 10.9 Å². The Kier molecular flexibility index (Phi) is 3.80. The molecule has 12 heavy (non-hydrogen) atoms. The van der Waals surface area contributed by atoms with Gasteiger partial charge in [0.15, 0.2) is 0 Å². The molecule has 0 aliphatic carbocycles. The lowest BCUT2D eigenvalue weighted by atomic mass is 9.97. The molecule has 0 heterocycles. The average Bonchev–Trinajstić information content (AvgIpc) is 2.06. The summed E-state index contributed by atoms with van der Waals surface area (Å²) in [5.41, 5.74) is 1.40. The van der Waals surface area contributed by atoms with E-state index in [4.69, 9.17) is 0 Å². The van der Waals surface area contributed by atoms with Crippen LogP contribution in [0, 0.1) is 6.92 Å². The van der Waals surface area contributed by atoms with Gasteiger partial charge in [-0.1, -0.05) is 48.3 Å². The van der Waals surface area contributed by atoms with Crippen LogP contribution in [0.5, 0.6) is 0 Å². The van der Waals surface area contributed by atoms with Gasteiger partial charge in [0.1, 0.15) is 0 Å². The van der Waals surface area contributed by atoms with Gasteiger partial charge in [0.25, 0.3) is 0 Å². The smallest absolute Gasteiger partial charge is 0.0175 e. The molecule has 0 saturated carbocycles. The zero-order chi connectivity index (χ0) is 8.97. The molecule has 0 aromatic heterocycles. The standard InChI is InChI=1S/C11H14Br/c1-3-4-9(2)10-5-7-11(12)8-6-10/h5-9H,1,3-4H2,2H3. The third kappa shape index (κ3) is 2.63. The molecule has 0 aliphatic heterocycles. The van der Waals surface area contributed by atoms with Crippen molar-refractivity contribution in [1.29, 1.82) is 0 Å². The van der Waals surface area contributed by atoms with Crippen LogP contribution in [-0.4, -0.2) is 0 Å². The maximum Gasteiger partial charge on any atom is 0.0175 e. The van der Waals surface area contributed by atoms with Crippen LogP contribution in [-0.2, 0) is 0 Å². The Hall–Kier alpha value is -0.300. The first-order valence-electron chi connectivity index (χ1n) is 4.28. The van der Waals surface area contributed by atoms with Crippen LogP contribution < -0.4 is 0 Å². The van der Waals surface area contributed by atoms with E-state index >= 15 is 0 Å². The summed E-state index contributed by atoms with van der Waals surface area (Å²) in [6.07, 6.45) is 2.18. The fourth-order valence-electron chi connectivity index (χ4n) is 1.26. The molecule has 0 nitrogen and oxygen atoms in total. The van der Waals surface area contributed by atoms with Gasteiger partial charge in [0, 0.05) is 4.47 Å². The van der Waals surface area contributed by atoms with Crippen molar-refractivity contribution in [2.75, 3.05) is 0 Å². The predicted molar refractivity (Wildman–Crippen MR) is 57.1 cm³/mol. The molecular weight excluding hydrogens is 212 g/mol. The Morgan fingerprint density at radius 1 is 1.33 bits per heavy atom. The highest BCUT2D eigenvalue weighted by atomic mass is 79.9. The molecule has 0 spiro atoms. The third-order valence-corrected chi connectivity index (χ3v) is 2.60. The van der Waals surface area contributed by atoms with E-state index in [2.05, 4.69) is 54.0 Å². The van der Waals surface area contributed by atoms with Crippen LogP contribution in [0.25, 0.3) is 0 Å².